The highest BCUT2D eigenvalue weighted by Gasteiger charge is 2.27. The number of carbonyl (C=O) groups excluding carboxylic acids is 1. The lowest BCUT2D eigenvalue weighted by Crippen LogP contribution is -2.31. The lowest BCUT2D eigenvalue weighted by Gasteiger charge is -2.25. The zero-order valence-electron chi connectivity index (χ0n) is 15.2. The Bertz CT molecular complexity index is 956. The molecule has 0 saturated heterocycles. The zero-order chi connectivity index (χ0) is 18.8. The number of nitrogens with zero attached hydrogens (tertiary/aromatic N) is 5. The Morgan fingerprint density at radius 3 is 3.00 bits per heavy atom. The van der Waals surface area contributed by atoms with Gasteiger partial charge in [0.05, 0.1) is 11.7 Å². The second-order valence-corrected chi connectivity index (χ2v) is 7.65. The average Bonchev–Trinajstić information content (AvgIpc) is 3.19. The fourth-order valence-electron chi connectivity index (χ4n) is 3.29. The maximum absolute atomic E-state index is 12.8. The molecule has 0 bridgehead atoms. The van der Waals surface area contributed by atoms with Gasteiger partial charge in [0.15, 0.2) is 5.82 Å². The van der Waals surface area contributed by atoms with E-state index in [1.54, 1.807) is 12.4 Å². The molecule has 0 fully saturated rings. The fraction of sp³-hybridized carbons (Fsp3) is 0.368. The van der Waals surface area contributed by atoms with Crippen LogP contribution in [-0.4, -0.2) is 30.4 Å². The molecule has 7 nitrogen and oxygen atoms in total. The fourth-order valence-corrected chi connectivity index (χ4v) is 4.01. The number of aryl methyl sites for hydroxylation is 1. The highest BCUT2D eigenvalue weighted by atomic mass is 32.1. The number of aromatic nitrogens is 5. The Kier molecular flexibility index (Phi) is 4.89. The van der Waals surface area contributed by atoms with Gasteiger partial charge in [-0.3, -0.25) is 9.78 Å². The lowest BCUT2D eigenvalue weighted by atomic mass is 9.92. The molecule has 8 heteroatoms. The monoisotopic (exact) mass is 380 g/mol. The summed E-state index contributed by atoms with van der Waals surface area (Å²) in [5.74, 6) is 0.707. The number of hydrogen-bond donors (Lipinski definition) is 1. The van der Waals surface area contributed by atoms with Gasteiger partial charge in [0, 0.05) is 35.4 Å². The summed E-state index contributed by atoms with van der Waals surface area (Å²) in [6, 6.07) is 3.73. The predicted octanol–water partition coefficient (Wildman–Crippen LogP) is 3.32. The van der Waals surface area contributed by atoms with Gasteiger partial charge in [-0.05, 0) is 48.8 Å². The summed E-state index contributed by atoms with van der Waals surface area (Å²) in [5, 5.41) is 7.23. The molecule has 1 amide bonds. The van der Waals surface area contributed by atoms with E-state index in [0.29, 0.717) is 10.7 Å². The van der Waals surface area contributed by atoms with Gasteiger partial charge in [-0.15, -0.1) is 5.10 Å². The van der Waals surface area contributed by atoms with E-state index in [-0.39, 0.29) is 17.9 Å². The molecule has 1 atom stereocenters. The number of carbonyl (C=O) groups is 1. The second kappa shape index (κ2) is 7.48. The molecule has 0 radical (unpaired) electrons. The van der Waals surface area contributed by atoms with E-state index in [1.807, 2.05) is 32.2 Å². The van der Waals surface area contributed by atoms with Crippen molar-refractivity contribution in [3.8, 4) is 11.4 Å². The van der Waals surface area contributed by atoms with Gasteiger partial charge in [0.2, 0.25) is 0 Å². The summed E-state index contributed by atoms with van der Waals surface area (Å²) < 4.78 is 3.95. The Morgan fingerprint density at radius 2 is 2.22 bits per heavy atom. The molecule has 3 aromatic heterocycles. The highest BCUT2D eigenvalue weighted by molar-refractivity contribution is 7.08. The Labute approximate surface area is 161 Å². The summed E-state index contributed by atoms with van der Waals surface area (Å²) >= 11 is 1.14. The van der Waals surface area contributed by atoms with E-state index in [0.717, 1.165) is 53.3 Å². The molecule has 3 aromatic rings. The van der Waals surface area contributed by atoms with Gasteiger partial charge in [-0.2, -0.15) is 0 Å². The van der Waals surface area contributed by atoms with E-state index in [2.05, 4.69) is 24.9 Å². The summed E-state index contributed by atoms with van der Waals surface area (Å²) in [4.78, 5) is 26.7. The van der Waals surface area contributed by atoms with Gasteiger partial charge >= 0.3 is 0 Å². The van der Waals surface area contributed by atoms with E-state index in [1.165, 1.54) is 0 Å². The van der Waals surface area contributed by atoms with Crippen molar-refractivity contribution in [3.63, 3.8) is 0 Å². The van der Waals surface area contributed by atoms with Crippen molar-refractivity contribution in [1.82, 2.24) is 29.9 Å². The Hall–Kier alpha value is -2.74. The van der Waals surface area contributed by atoms with Crippen LogP contribution >= 0.6 is 11.5 Å². The van der Waals surface area contributed by atoms with Crippen LogP contribution < -0.4 is 5.32 Å². The van der Waals surface area contributed by atoms with Crippen LogP contribution in [0.5, 0.6) is 0 Å². The van der Waals surface area contributed by atoms with Crippen LogP contribution in [0.1, 0.15) is 65.3 Å². The summed E-state index contributed by atoms with van der Waals surface area (Å²) in [7, 11) is 0. The summed E-state index contributed by atoms with van der Waals surface area (Å²) in [6.07, 6.45) is 8.05. The molecule has 138 valence electrons. The van der Waals surface area contributed by atoms with Gasteiger partial charge in [-0.1, -0.05) is 18.3 Å². The van der Waals surface area contributed by atoms with Crippen molar-refractivity contribution in [1.29, 1.82) is 0 Å². The van der Waals surface area contributed by atoms with Gasteiger partial charge in [0.25, 0.3) is 5.91 Å². The third-order valence-electron chi connectivity index (χ3n) is 4.67. The smallest absolute Gasteiger partial charge is 0.265 e. The van der Waals surface area contributed by atoms with E-state index in [9.17, 15) is 4.79 Å². The topological polar surface area (TPSA) is 93.6 Å². The zero-order valence-corrected chi connectivity index (χ0v) is 16.0. The first-order valence-electron chi connectivity index (χ1n) is 9.03. The minimum atomic E-state index is -0.122. The number of pyridine rings is 1. The Balaban J connectivity index is 1.58. The van der Waals surface area contributed by atoms with Crippen molar-refractivity contribution in [2.24, 2.45) is 0 Å². The first kappa shape index (κ1) is 17.7. The molecule has 1 aliphatic carbocycles. The van der Waals surface area contributed by atoms with Crippen LogP contribution in [0, 0.1) is 0 Å². The van der Waals surface area contributed by atoms with Crippen LogP contribution in [0.2, 0.25) is 0 Å². The average molecular weight is 380 g/mol. The molecule has 27 heavy (non-hydrogen) atoms. The summed E-state index contributed by atoms with van der Waals surface area (Å²) in [5.41, 5.74) is 3.62. The molecule has 3 heterocycles. The molecule has 4 rings (SSSR count). The van der Waals surface area contributed by atoms with Crippen LogP contribution in [0.3, 0.4) is 0 Å². The number of hydrogen-bond acceptors (Lipinski definition) is 7. The van der Waals surface area contributed by atoms with E-state index in [4.69, 9.17) is 4.98 Å². The van der Waals surface area contributed by atoms with Crippen molar-refractivity contribution in [3.05, 3.63) is 52.6 Å². The predicted molar refractivity (Wildman–Crippen MR) is 102 cm³/mol. The van der Waals surface area contributed by atoms with Crippen molar-refractivity contribution < 1.29 is 4.79 Å². The summed E-state index contributed by atoms with van der Waals surface area (Å²) in [6.45, 7) is 4.02. The van der Waals surface area contributed by atoms with Crippen molar-refractivity contribution >= 4 is 17.4 Å². The van der Waals surface area contributed by atoms with E-state index >= 15 is 0 Å². The van der Waals surface area contributed by atoms with Crippen LogP contribution in [-0.2, 0) is 6.42 Å². The number of rotatable bonds is 4. The lowest BCUT2D eigenvalue weighted by molar-refractivity contribution is 0.0935. The number of nitrogens with one attached hydrogen (secondary N) is 1. The van der Waals surface area contributed by atoms with E-state index < -0.39 is 0 Å². The maximum atomic E-state index is 12.8. The molecule has 0 saturated carbocycles. The third-order valence-corrected chi connectivity index (χ3v) is 5.41. The van der Waals surface area contributed by atoms with Gasteiger partial charge < -0.3 is 5.32 Å². The van der Waals surface area contributed by atoms with Crippen molar-refractivity contribution in [2.45, 2.75) is 45.1 Å². The van der Waals surface area contributed by atoms with Crippen LogP contribution in [0.25, 0.3) is 11.4 Å². The van der Waals surface area contributed by atoms with Gasteiger partial charge in [0.1, 0.15) is 4.88 Å². The second-order valence-electron chi connectivity index (χ2n) is 6.90. The molecule has 0 spiro atoms. The first-order valence-corrected chi connectivity index (χ1v) is 9.80. The maximum Gasteiger partial charge on any atom is 0.265 e. The van der Waals surface area contributed by atoms with Crippen molar-refractivity contribution in [2.75, 3.05) is 0 Å². The quantitative estimate of drug-likeness (QED) is 0.746. The normalized spacial score (nSPS) is 16.2. The third kappa shape index (κ3) is 3.57. The number of fused-ring (bicyclic) bond motifs is 1. The highest BCUT2D eigenvalue weighted by Crippen LogP contribution is 2.30. The molecule has 0 aromatic carbocycles. The molecular weight excluding hydrogens is 360 g/mol. The molecule has 0 unspecified atom stereocenters. The first-order chi connectivity index (χ1) is 13.1. The standard InChI is InChI=1S/C19H20N6OS/c1-11(2)16-17(27-25-24-16)19(26)23-15-7-3-6-14-13(15)10-21-18(22-14)12-5-4-8-20-9-12/h4-5,8-11,15H,3,6-7H2,1-2H3,(H,23,26)/t15-/m1/s1. The van der Waals surface area contributed by atoms with Crippen LogP contribution in [0.15, 0.2) is 30.7 Å². The minimum absolute atomic E-state index is 0.0914. The largest absolute Gasteiger partial charge is 0.344 e. The molecule has 1 N–H and O–H groups in total. The molecule has 0 aliphatic heterocycles. The number of amides is 1. The SMILES string of the molecule is CC(C)c1nnsc1C(=O)N[C@@H]1CCCc2nc(-c3cccnc3)ncc21. The minimum Gasteiger partial charge on any atom is -0.344 e. The van der Waals surface area contributed by atoms with Crippen LogP contribution in [0.4, 0.5) is 0 Å². The Morgan fingerprint density at radius 1 is 1.33 bits per heavy atom. The molecule has 1 aliphatic rings. The van der Waals surface area contributed by atoms with Gasteiger partial charge in [-0.25, -0.2) is 9.97 Å². The molecular formula is C19H20N6OS.